The molecule has 0 spiro atoms. The molecule has 0 N–H and O–H groups in total. The van der Waals surface area contributed by atoms with Crippen molar-refractivity contribution in [1.29, 1.82) is 0 Å². The number of aryl methyl sites for hydroxylation is 1. The number of rotatable bonds is 1. The van der Waals surface area contributed by atoms with Crippen molar-refractivity contribution in [2.75, 3.05) is 0 Å². The zero-order valence-electron chi connectivity index (χ0n) is 7.64. The molecule has 1 aliphatic rings. The molecule has 2 rings (SSSR count). The van der Waals surface area contributed by atoms with E-state index < -0.39 is 17.8 Å². The summed E-state index contributed by atoms with van der Waals surface area (Å²) in [5.41, 5.74) is 0.346. The van der Waals surface area contributed by atoms with E-state index in [2.05, 4.69) is 4.94 Å². The SMILES string of the molecule is FOC1CCc2cc(C(F)(F)F)ccc21. The third-order valence-electron chi connectivity index (χ3n) is 2.60. The van der Waals surface area contributed by atoms with Crippen molar-refractivity contribution in [2.45, 2.75) is 25.1 Å². The Morgan fingerprint density at radius 1 is 1.27 bits per heavy atom. The first kappa shape index (κ1) is 10.4. The molecule has 0 fully saturated rings. The Morgan fingerprint density at radius 3 is 2.60 bits per heavy atom. The van der Waals surface area contributed by atoms with Crippen LogP contribution in [0, 0.1) is 0 Å². The summed E-state index contributed by atoms with van der Waals surface area (Å²) in [6.07, 6.45) is -4.23. The minimum atomic E-state index is -4.34. The summed E-state index contributed by atoms with van der Waals surface area (Å²) >= 11 is 0. The quantitative estimate of drug-likeness (QED) is 0.657. The average molecular weight is 220 g/mol. The van der Waals surface area contributed by atoms with Crippen LogP contribution in [0.2, 0.25) is 0 Å². The van der Waals surface area contributed by atoms with Gasteiger partial charge in [-0.2, -0.15) is 18.1 Å². The standard InChI is InChI=1S/C10H8F4O/c11-10(12,13)7-2-3-8-6(5-7)1-4-9(8)15-14/h2-3,5,9H,1,4H2. The first-order valence-electron chi connectivity index (χ1n) is 4.50. The Hall–Kier alpha value is -1.10. The highest BCUT2D eigenvalue weighted by Crippen LogP contribution is 2.38. The predicted octanol–water partition coefficient (Wildman–Crippen LogP) is 3.59. The number of alkyl halides is 3. The molecular weight excluding hydrogens is 212 g/mol. The van der Waals surface area contributed by atoms with Crippen LogP contribution < -0.4 is 0 Å². The molecule has 0 aliphatic heterocycles. The van der Waals surface area contributed by atoms with E-state index in [1.807, 2.05) is 0 Å². The second-order valence-corrected chi connectivity index (χ2v) is 3.53. The van der Waals surface area contributed by atoms with E-state index in [-0.39, 0.29) is 0 Å². The first-order chi connectivity index (χ1) is 7.02. The normalized spacial score (nSPS) is 20.4. The molecule has 1 aromatic rings. The fourth-order valence-corrected chi connectivity index (χ4v) is 1.85. The van der Waals surface area contributed by atoms with Crippen LogP contribution in [-0.4, -0.2) is 0 Å². The Bertz CT molecular complexity index is 372. The molecule has 1 atom stereocenters. The highest BCUT2D eigenvalue weighted by molar-refractivity contribution is 5.38. The zero-order valence-corrected chi connectivity index (χ0v) is 7.64. The van der Waals surface area contributed by atoms with Crippen LogP contribution in [0.1, 0.15) is 29.2 Å². The summed E-state index contributed by atoms with van der Waals surface area (Å²) < 4.78 is 49.0. The van der Waals surface area contributed by atoms with Crippen molar-refractivity contribution < 1.29 is 22.6 Å². The lowest BCUT2D eigenvalue weighted by Crippen LogP contribution is -2.05. The lowest BCUT2D eigenvalue weighted by atomic mass is 10.1. The summed E-state index contributed by atoms with van der Waals surface area (Å²) in [6, 6.07) is 3.31. The molecule has 0 radical (unpaired) electrons. The van der Waals surface area contributed by atoms with Crippen molar-refractivity contribution in [3.8, 4) is 0 Å². The number of hydrogen-bond acceptors (Lipinski definition) is 1. The van der Waals surface area contributed by atoms with E-state index >= 15 is 0 Å². The molecule has 0 aromatic heterocycles. The Labute approximate surface area is 83.6 Å². The van der Waals surface area contributed by atoms with Gasteiger partial charge in [0.25, 0.3) is 0 Å². The van der Waals surface area contributed by atoms with E-state index in [1.54, 1.807) is 0 Å². The molecule has 0 saturated carbocycles. The van der Waals surface area contributed by atoms with Crippen molar-refractivity contribution in [3.63, 3.8) is 0 Å². The second kappa shape index (κ2) is 3.48. The Morgan fingerprint density at radius 2 is 2.00 bits per heavy atom. The lowest BCUT2D eigenvalue weighted by molar-refractivity contribution is -0.180. The van der Waals surface area contributed by atoms with E-state index in [1.165, 1.54) is 6.07 Å². The monoisotopic (exact) mass is 220 g/mol. The highest BCUT2D eigenvalue weighted by Gasteiger charge is 2.33. The smallest absolute Gasteiger partial charge is 0.186 e. The summed E-state index contributed by atoms with van der Waals surface area (Å²) in [5.74, 6) is 0. The maximum Gasteiger partial charge on any atom is 0.416 e. The molecule has 0 heterocycles. The van der Waals surface area contributed by atoms with Crippen LogP contribution in [0.25, 0.3) is 0 Å². The summed E-state index contributed by atoms with van der Waals surface area (Å²) in [4.78, 5) is 3.68. The van der Waals surface area contributed by atoms with Crippen LogP contribution in [0.4, 0.5) is 17.7 Å². The molecule has 5 heteroatoms. The van der Waals surface area contributed by atoms with Crippen molar-refractivity contribution in [3.05, 3.63) is 34.9 Å². The average Bonchev–Trinajstić information content (AvgIpc) is 2.58. The highest BCUT2D eigenvalue weighted by atomic mass is 19.4. The van der Waals surface area contributed by atoms with Crippen LogP contribution >= 0.6 is 0 Å². The lowest BCUT2D eigenvalue weighted by Gasteiger charge is -2.09. The van der Waals surface area contributed by atoms with Gasteiger partial charge < -0.3 is 0 Å². The van der Waals surface area contributed by atoms with Gasteiger partial charge in [0, 0.05) is 0 Å². The minimum absolute atomic E-state index is 0.396. The van der Waals surface area contributed by atoms with Crippen LogP contribution in [0.5, 0.6) is 0 Å². The van der Waals surface area contributed by atoms with Gasteiger partial charge in [0.05, 0.1) is 5.56 Å². The van der Waals surface area contributed by atoms with Crippen LogP contribution in [0.3, 0.4) is 0 Å². The van der Waals surface area contributed by atoms with E-state index in [0.29, 0.717) is 24.0 Å². The van der Waals surface area contributed by atoms with Gasteiger partial charge in [-0.05, 0) is 40.6 Å². The molecule has 1 aromatic carbocycles. The molecule has 82 valence electrons. The minimum Gasteiger partial charge on any atom is -0.186 e. The summed E-state index contributed by atoms with van der Waals surface area (Å²) in [5, 5.41) is 0. The third kappa shape index (κ3) is 1.84. The van der Waals surface area contributed by atoms with E-state index in [0.717, 1.165) is 12.1 Å². The van der Waals surface area contributed by atoms with Crippen molar-refractivity contribution in [2.24, 2.45) is 0 Å². The summed E-state index contributed by atoms with van der Waals surface area (Å²) in [7, 11) is 0. The molecule has 15 heavy (non-hydrogen) atoms. The van der Waals surface area contributed by atoms with Gasteiger partial charge in [0.2, 0.25) is 0 Å². The van der Waals surface area contributed by atoms with Gasteiger partial charge in [0.15, 0.2) is 0 Å². The Balaban J connectivity index is 2.37. The fraction of sp³-hybridized carbons (Fsp3) is 0.400. The second-order valence-electron chi connectivity index (χ2n) is 3.53. The number of fused-ring (bicyclic) bond motifs is 1. The van der Waals surface area contributed by atoms with Gasteiger partial charge >= 0.3 is 6.18 Å². The largest absolute Gasteiger partial charge is 0.416 e. The van der Waals surface area contributed by atoms with Gasteiger partial charge in [0.1, 0.15) is 6.10 Å². The Kier molecular flexibility index (Phi) is 2.42. The number of hydrogen-bond donors (Lipinski definition) is 0. The molecule has 1 unspecified atom stereocenters. The third-order valence-corrected chi connectivity index (χ3v) is 2.60. The van der Waals surface area contributed by atoms with Crippen molar-refractivity contribution >= 4 is 0 Å². The van der Waals surface area contributed by atoms with E-state index in [4.69, 9.17) is 0 Å². The van der Waals surface area contributed by atoms with Crippen LogP contribution in [0.15, 0.2) is 18.2 Å². The molecule has 0 saturated heterocycles. The fourth-order valence-electron chi connectivity index (χ4n) is 1.85. The van der Waals surface area contributed by atoms with E-state index in [9.17, 15) is 17.7 Å². The maximum atomic E-state index is 12.3. The number of halogens is 4. The maximum absolute atomic E-state index is 12.3. The molecule has 0 bridgehead atoms. The molecular formula is C10H8F4O. The predicted molar refractivity (Wildman–Crippen MR) is 44.7 cm³/mol. The topological polar surface area (TPSA) is 9.23 Å². The van der Waals surface area contributed by atoms with Gasteiger partial charge in [-0.15, -0.1) is 0 Å². The molecule has 1 aliphatic carbocycles. The van der Waals surface area contributed by atoms with Gasteiger partial charge in [-0.3, -0.25) is 0 Å². The first-order valence-corrected chi connectivity index (χ1v) is 4.50. The molecule has 1 nitrogen and oxygen atoms in total. The molecule has 0 amide bonds. The summed E-state index contributed by atoms with van der Waals surface area (Å²) in [6.45, 7) is 0. The zero-order chi connectivity index (χ0) is 11.1. The number of benzene rings is 1. The van der Waals surface area contributed by atoms with Crippen LogP contribution in [-0.2, 0) is 17.5 Å². The van der Waals surface area contributed by atoms with Crippen molar-refractivity contribution in [1.82, 2.24) is 0 Å². The van der Waals surface area contributed by atoms with Gasteiger partial charge in [-0.25, -0.2) is 0 Å². The van der Waals surface area contributed by atoms with Gasteiger partial charge in [-0.1, -0.05) is 6.07 Å².